The molecule has 2 aliphatic carbocycles. The molecule has 0 aromatic carbocycles. The maximum atomic E-state index is 12.6. The van der Waals surface area contributed by atoms with E-state index in [4.69, 9.17) is 9.57 Å². The molecule has 2 saturated heterocycles. The summed E-state index contributed by atoms with van der Waals surface area (Å²) in [6.45, 7) is 2.81. The number of carbonyl (C=O) groups excluding carboxylic acids is 1. The minimum Gasteiger partial charge on any atom is -0.375 e. The number of ether oxygens (including phenoxy) is 1. The Balaban J connectivity index is 1.20. The second kappa shape index (κ2) is 8.10. The maximum Gasteiger partial charge on any atom is 0.239 e. The number of nitrogens with zero attached hydrogens (tertiary/aromatic N) is 1. The Kier molecular flexibility index (Phi) is 5.81. The van der Waals surface area contributed by atoms with Crippen LogP contribution in [0.3, 0.4) is 0 Å². The number of hydrazine groups is 1. The first-order chi connectivity index (χ1) is 12.7. The molecule has 26 heavy (non-hydrogen) atoms. The summed E-state index contributed by atoms with van der Waals surface area (Å²) in [7, 11) is 1.75. The highest BCUT2D eigenvalue weighted by molar-refractivity contribution is 5.82. The molecule has 3 unspecified atom stereocenters. The molecule has 0 bridgehead atoms. The minimum atomic E-state index is -0.278. The van der Waals surface area contributed by atoms with Crippen LogP contribution in [0.15, 0.2) is 0 Å². The van der Waals surface area contributed by atoms with Crippen LogP contribution in [0.4, 0.5) is 0 Å². The number of hydrogen-bond acceptors (Lipinski definition) is 6. The Morgan fingerprint density at radius 2 is 2.08 bits per heavy atom. The van der Waals surface area contributed by atoms with Crippen LogP contribution in [0, 0.1) is 5.92 Å². The molecule has 2 saturated carbocycles. The van der Waals surface area contributed by atoms with Gasteiger partial charge in [-0.15, -0.1) is 0 Å². The number of hydroxylamine groups is 1. The van der Waals surface area contributed by atoms with Crippen LogP contribution in [0.25, 0.3) is 0 Å². The molecule has 0 radical (unpaired) electrons. The average molecular weight is 367 g/mol. The van der Waals surface area contributed by atoms with Crippen molar-refractivity contribution < 1.29 is 14.4 Å². The van der Waals surface area contributed by atoms with E-state index in [-0.39, 0.29) is 29.7 Å². The van der Waals surface area contributed by atoms with Crippen molar-refractivity contribution >= 4 is 5.91 Å². The van der Waals surface area contributed by atoms with E-state index in [1.165, 1.54) is 38.5 Å². The minimum absolute atomic E-state index is 0.0264. The van der Waals surface area contributed by atoms with Gasteiger partial charge in [-0.05, 0) is 38.0 Å². The van der Waals surface area contributed by atoms with Crippen LogP contribution in [-0.4, -0.2) is 61.4 Å². The second-order valence-corrected chi connectivity index (χ2v) is 8.61. The van der Waals surface area contributed by atoms with E-state index in [2.05, 4.69) is 21.2 Å². The maximum absolute atomic E-state index is 12.6. The van der Waals surface area contributed by atoms with Gasteiger partial charge in [0.25, 0.3) is 0 Å². The molecule has 2 aliphatic heterocycles. The molecule has 4 fully saturated rings. The average Bonchev–Trinajstić information content (AvgIpc) is 3.26. The molecule has 0 spiro atoms. The lowest BCUT2D eigenvalue weighted by Gasteiger charge is -2.43. The standard InChI is InChI=1S/C19H34N4O3/c1-25-19(8-5-9-19)17-10-16(22-26-17)18(24)21-15-11-20-23(13-15)12-14-6-3-2-4-7-14/h14-17,20,22H,2-13H2,1H3,(H,21,24). The van der Waals surface area contributed by atoms with Gasteiger partial charge in [0, 0.05) is 33.2 Å². The second-order valence-electron chi connectivity index (χ2n) is 8.61. The summed E-state index contributed by atoms with van der Waals surface area (Å²) >= 11 is 0. The fourth-order valence-electron chi connectivity index (χ4n) is 4.99. The Morgan fingerprint density at radius 1 is 1.27 bits per heavy atom. The van der Waals surface area contributed by atoms with Gasteiger partial charge in [0.1, 0.15) is 12.1 Å². The third kappa shape index (κ3) is 3.92. The predicted octanol–water partition coefficient (Wildman–Crippen LogP) is 1.10. The molecule has 7 nitrogen and oxygen atoms in total. The lowest BCUT2D eigenvalue weighted by atomic mass is 9.74. The predicted molar refractivity (Wildman–Crippen MR) is 98.1 cm³/mol. The van der Waals surface area contributed by atoms with Gasteiger partial charge in [0.05, 0.1) is 11.6 Å². The fraction of sp³-hybridized carbons (Fsp3) is 0.947. The van der Waals surface area contributed by atoms with Gasteiger partial charge in [-0.25, -0.2) is 5.01 Å². The largest absolute Gasteiger partial charge is 0.375 e. The van der Waals surface area contributed by atoms with Gasteiger partial charge in [-0.2, -0.15) is 5.48 Å². The van der Waals surface area contributed by atoms with Crippen LogP contribution in [0.5, 0.6) is 0 Å². The molecular weight excluding hydrogens is 332 g/mol. The van der Waals surface area contributed by atoms with Crippen LogP contribution >= 0.6 is 0 Å². The van der Waals surface area contributed by atoms with Crippen molar-refractivity contribution in [2.45, 2.75) is 81.6 Å². The third-order valence-electron chi connectivity index (χ3n) is 6.86. The van der Waals surface area contributed by atoms with E-state index >= 15 is 0 Å². The van der Waals surface area contributed by atoms with Crippen molar-refractivity contribution in [1.29, 1.82) is 0 Å². The number of hydrogen-bond donors (Lipinski definition) is 3. The summed E-state index contributed by atoms with van der Waals surface area (Å²) < 4.78 is 5.69. The van der Waals surface area contributed by atoms with Crippen LogP contribution in [0.1, 0.15) is 57.8 Å². The number of nitrogens with one attached hydrogen (secondary N) is 3. The molecule has 3 N–H and O–H groups in total. The number of carbonyl (C=O) groups is 1. The Morgan fingerprint density at radius 3 is 2.77 bits per heavy atom. The number of amides is 1. The zero-order valence-corrected chi connectivity index (χ0v) is 16.0. The lowest BCUT2D eigenvalue weighted by molar-refractivity contribution is -0.169. The Hall–Kier alpha value is -0.730. The third-order valence-corrected chi connectivity index (χ3v) is 6.86. The van der Waals surface area contributed by atoms with Crippen molar-refractivity contribution in [2.75, 3.05) is 26.7 Å². The Labute approximate surface area is 156 Å². The van der Waals surface area contributed by atoms with Crippen molar-refractivity contribution in [2.24, 2.45) is 5.92 Å². The SMILES string of the molecule is COC1(C2CC(C(=O)NC3CNN(CC4CCCCC4)C3)NO2)CCC1. The van der Waals surface area contributed by atoms with Gasteiger partial charge >= 0.3 is 0 Å². The quantitative estimate of drug-likeness (QED) is 0.654. The smallest absolute Gasteiger partial charge is 0.239 e. The van der Waals surface area contributed by atoms with E-state index in [9.17, 15) is 4.79 Å². The summed E-state index contributed by atoms with van der Waals surface area (Å²) in [5.41, 5.74) is 6.21. The first kappa shape index (κ1) is 18.6. The zero-order chi connectivity index (χ0) is 18.0. The van der Waals surface area contributed by atoms with Crippen molar-refractivity contribution in [3.8, 4) is 0 Å². The highest BCUT2D eigenvalue weighted by Gasteiger charge is 2.50. The van der Waals surface area contributed by atoms with Gasteiger partial charge in [0.15, 0.2) is 0 Å². The monoisotopic (exact) mass is 366 g/mol. The first-order valence-electron chi connectivity index (χ1n) is 10.4. The molecular formula is C19H34N4O3. The molecule has 148 valence electrons. The summed E-state index contributed by atoms with van der Waals surface area (Å²) in [6.07, 6.45) is 10.7. The van der Waals surface area contributed by atoms with Crippen LogP contribution < -0.4 is 16.2 Å². The molecule has 3 atom stereocenters. The van der Waals surface area contributed by atoms with E-state index < -0.39 is 0 Å². The molecule has 0 aromatic heterocycles. The highest BCUT2D eigenvalue weighted by Crippen LogP contribution is 2.42. The summed E-state index contributed by atoms with van der Waals surface area (Å²) in [6, 6.07) is -0.105. The summed E-state index contributed by atoms with van der Waals surface area (Å²) in [4.78, 5) is 18.3. The molecule has 0 aromatic rings. The molecule has 4 rings (SSSR count). The fourth-order valence-corrected chi connectivity index (χ4v) is 4.99. The van der Waals surface area contributed by atoms with Crippen molar-refractivity contribution in [3.05, 3.63) is 0 Å². The normalized spacial score (nSPS) is 35.3. The van der Waals surface area contributed by atoms with Gasteiger partial charge < -0.3 is 10.1 Å². The Bertz CT molecular complexity index is 488. The molecule has 1 amide bonds. The molecule has 4 aliphatic rings. The van der Waals surface area contributed by atoms with E-state index in [1.807, 2.05) is 0 Å². The van der Waals surface area contributed by atoms with Crippen molar-refractivity contribution in [1.82, 2.24) is 21.2 Å². The molecule has 2 heterocycles. The lowest BCUT2D eigenvalue weighted by Crippen LogP contribution is -2.50. The summed E-state index contributed by atoms with van der Waals surface area (Å²) in [5.74, 6) is 0.855. The van der Waals surface area contributed by atoms with E-state index in [0.29, 0.717) is 6.42 Å². The highest BCUT2D eigenvalue weighted by atomic mass is 16.7. The molecule has 7 heteroatoms. The van der Waals surface area contributed by atoms with Crippen LogP contribution in [-0.2, 0) is 14.4 Å². The van der Waals surface area contributed by atoms with Crippen molar-refractivity contribution in [3.63, 3.8) is 0 Å². The van der Waals surface area contributed by atoms with Gasteiger partial charge in [-0.1, -0.05) is 19.3 Å². The zero-order valence-electron chi connectivity index (χ0n) is 16.0. The first-order valence-corrected chi connectivity index (χ1v) is 10.4. The van der Waals surface area contributed by atoms with E-state index in [1.54, 1.807) is 7.11 Å². The summed E-state index contributed by atoms with van der Waals surface area (Å²) in [5, 5.41) is 5.49. The number of rotatable bonds is 6. The van der Waals surface area contributed by atoms with Crippen LogP contribution in [0.2, 0.25) is 0 Å². The number of methoxy groups -OCH3 is 1. The van der Waals surface area contributed by atoms with Gasteiger partial charge in [0.2, 0.25) is 5.91 Å². The van der Waals surface area contributed by atoms with E-state index in [0.717, 1.165) is 38.4 Å². The van der Waals surface area contributed by atoms with Gasteiger partial charge in [-0.3, -0.25) is 15.1 Å². The topological polar surface area (TPSA) is 74.9 Å².